The van der Waals surface area contributed by atoms with Gasteiger partial charge in [0.1, 0.15) is 0 Å². The Bertz CT molecular complexity index is 3890. The van der Waals surface area contributed by atoms with Crippen molar-refractivity contribution in [3.8, 4) is 73.2 Å². The average Bonchev–Trinajstić information content (AvgIpc) is 3.96. The van der Waals surface area contributed by atoms with E-state index in [-0.39, 0.29) is 58.1 Å². The summed E-state index contributed by atoms with van der Waals surface area (Å²) in [7, 11) is 0. The first-order valence-electron chi connectivity index (χ1n) is 23.3. The number of nitrogens with zero attached hydrogens (tertiary/aromatic N) is 4. The molecule has 0 fully saturated rings. The lowest BCUT2D eigenvalue weighted by Gasteiger charge is -2.16. The van der Waals surface area contributed by atoms with Gasteiger partial charge in [-0.2, -0.15) is 0 Å². The van der Waals surface area contributed by atoms with E-state index in [0.717, 1.165) is 44.5 Å². The van der Waals surface area contributed by atoms with E-state index in [1.165, 1.54) is 32.3 Å². The van der Waals surface area contributed by atoms with Gasteiger partial charge in [-0.15, -0.1) is 11.3 Å². The van der Waals surface area contributed by atoms with Gasteiger partial charge in [-0.05, 0) is 63.7 Å². The highest BCUT2D eigenvalue weighted by Gasteiger charge is 2.21. The number of fused-ring (bicyclic) bond motifs is 6. The summed E-state index contributed by atoms with van der Waals surface area (Å²) in [4.78, 5) is 15.6. The van der Waals surface area contributed by atoms with Gasteiger partial charge >= 0.3 is 0 Å². The van der Waals surface area contributed by atoms with Crippen LogP contribution >= 0.6 is 11.3 Å². The van der Waals surface area contributed by atoms with Gasteiger partial charge in [0.15, 0.2) is 17.5 Å². The SMILES string of the molecule is [2H]c1cc([2H])c2c(c1[2H])c1c([2H])c([2H])cc([2H])c1n2-c1cc(-c2ccccc2)ccc1-c1nc(-c2ccc(-c3ccccc3)cc2)nc(-c2ccc(-c3cccc4c3sc3ccccc34)cc2)n1. The minimum atomic E-state index is -0.185. The number of thiophene rings is 1. The van der Waals surface area contributed by atoms with Gasteiger partial charge < -0.3 is 4.57 Å². The predicted molar refractivity (Wildman–Crippen MR) is 260 cm³/mol. The van der Waals surface area contributed by atoms with Crippen LogP contribution in [0.2, 0.25) is 0 Å². The van der Waals surface area contributed by atoms with E-state index in [9.17, 15) is 2.74 Å². The molecule has 0 spiro atoms. The van der Waals surface area contributed by atoms with Crippen molar-refractivity contribution >= 4 is 53.3 Å². The Labute approximate surface area is 371 Å². The molecule has 0 aliphatic carbocycles. The van der Waals surface area contributed by atoms with Crippen LogP contribution in [-0.4, -0.2) is 19.5 Å². The number of aromatic nitrogens is 4. The molecule has 3 aromatic heterocycles. The van der Waals surface area contributed by atoms with Crippen LogP contribution in [0, 0.1) is 0 Å². The largest absolute Gasteiger partial charge is 0.308 e. The molecule has 0 aliphatic rings. The number of hydrogen-bond acceptors (Lipinski definition) is 4. The predicted octanol–water partition coefficient (Wildman–Crippen LogP) is 15.3. The molecule has 62 heavy (non-hydrogen) atoms. The maximum absolute atomic E-state index is 9.30. The molecule has 0 aliphatic heterocycles. The summed E-state index contributed by atoms with van der Waals surface area (Å²) in [6, 6.07) is 59.1. The van der Waals surface area contributed by atoms with Gasteiger partial charge in [-0.1, -0.05) is 188 Å². The highest BCUT2D eigenvalue weighted by molar-refractivity contribution is 7.26. The Morgan fingerprint density at radius 1 is 0.371 bits per heavy atom. The first kappa shape index (κ1) is 30.1. The first-order chi connectivity index (χ1) is 33.2. The fourth-order valence-electron chi connectivity index (χ4n) is 8.44. The summed E-state index contributed by atoms with van der Waals surface area (Å²) in [6.45, 7) is 0. The van der Waals surface area contributed by atoms with Crippen molar-refractivity contribution in [3.05, 3.63) is 218 Å². The molecular weight excluding hydrogens is 773 g/mol. The molecular formula is C57H36N4S. The standard InChI is InChI=1S/C57H36N4S/c1-3-14-37(15-4-1)39-26-30-41(31-27-39)55-58-56(42-32-28-40(29-33-42)44-21-13-22-48-47-20-9-12-25-53(47)62-54(44)48)60-57(59-55)49-35-34-43(38-16-5-2-6-17-38)36-52(49)61-50-23-10-7-18-45(50)46-19-8-11-24-51(46)61/h1-36H/i7D,8D,18D,19D,23D,24D. The monoisotopic (exact) mass is 814 g/mol. The highest BCUT2D eigenvalue weighted by Crippen LogP contribution is 2.41. The van der Waals surface area contributed by atoms with Crippen LogP contribution in [0.25, 0.3) is 115 Å². The van der Waals surface area contributed by atoms with Crippen LogP contribution in [-0.2, 0) is 0 Å². The maximum Gasteiger partial charge on any atom is 0.166 e. The van der Waals surface area contributed by atoms with Crippen LogP contribution in [0.5, 0.6) is 0 Å². The molecule has 0 saturated heterocycles. The Kier molecular flexibility index (Phi) is 7.25. The zero-order valence-electron chi connectivity index (χ0n) is 39.0. The third-order valence-corrected chi connectivity index (χ3v) is 12.7. The average molecular weight is 815 g/mol. The Balaban J connectivity index is 1.10. The van der Waals surface area contributed by atoms with E-state index < -0.39 is 0 Å². The number of benzene rings is 9. The van der Waals surface area contributed by atoms with E-state index in [1.807, 2.05) is 91.0 Å². The second kappa shape index (κ2) is 14.9. The Morgan fingerprint density at radius 2 is 0.887 bits per heavy atom. The van der Waals surface area contributed by atoms with Crippen molar-refractivity contribution in [1.82, 2.24) is 19.5 Å². The van der Waals surface area contributed by atoms with Crippen molar-refractivity contribution in [1.29, 1.82) is 0 Å². The van der Waals surface area contributed by atoms with E-state index in [4.69, 9.17) is 20.4 Å². The fourth-order valence-corrected chi connectivity index (χ4v) is 9.68. The zero-order chi connectivity index (χ0) is 46.2. The molecule has 0 bridgehead atoms. The minimum Gasteiger partial charge on any atom is -0.308 e. The Hall–Kier alpha value is -7.99. The van der Waals surface area contributed by atoms with E-state index in [1.54, 1.807) is 15.9 Å². The molecule has 0 saturated carbocycles. The summed E-state index contributed by atoms with van der Waals surface area (Å²) in [5, 5.41) is 2.81. The van der Waals surface area contributed by atoms with Crippen molar-refractivity contribution in [2.75, 3.05) is 0 Å². The summed E-state index contributed by atoms with van der Waals surface area (Å²) in [5.41, 5.74) is 9.17. The molecule has 12 rings (SSSR count). The number of hydrogen-bond donors (Lipinski definition) is 0. The summed E-state index contributed by atoms with van der Waals surface area (Å²) >= 11 is 1.79. The molecule has 3 heterocycles. The molecule has 12 aromatic rings. The van der Waals surface area contributed by atoms with Crippen LogP contribution in [0.3, 0.4) is 0 Å². The Morgan fingerprint density at radius 3 is 1.55 bits per heavy atom. The molecule has 0 radical (unpaired) electrons. The number of para-hydroxylation sites is 2. The van der Waals surface area contributed by atoms with Gasteiger partial charge in [-0.3, -0.25) is 0 Å². The summed E-state index contributed by atoms with van der Waals surface area (Å²) < 4.78 is 58.3. The molecule has 4 nitrogen and oxygen atoms in total. The topological polar surface area (TPSA) is 43.6 Å². The molecule has 0 atom stereocenters. The minimum absolute atomic E-state index is 0.0550. The van der Waals surface area contributed by atoms with Crippen LogP contribution in [0.4, 0.5) is 0 Å². The van der Waals surface area contributed by atoms with Gasteiger partial charge in [-0.25, -0.2) is 15.0 Å². The quantitative estimate of drug-likeness (QED) is 0.161. The molecule has 290 valence electrons. The van der Waals surface area contributed by atoms with Crippen LogP contribution in [0.15, 0.2) is 218 Å². The maximum atomic E-state index is 9.30. The lowest BCUT2D eigenvalue weighted by molar-refractivity contribution is 1.06. The lowest BCUT2D eigenvalue weighted by atomic mass is 10.0. The molecule has 0 amide bonds. The number of rotatable bonds is 7. The van der Waals surface area contributed by atoms with Crippen molar-refractivity contribution in [3.63, 3.8) is 0 Å². The van der Waals surface area contributed by atoms with E-state index in [0.29, 0.717) is 28.7 Å². The second-order valence-corrected chi connectivity index (χ2v) is 16.2. The second-order valence-electron chi connectivity index (χ2n) is 15.1. The molecule has 0 unspecified atom stereocenters. The van der Waals surface area contributed by atoms with Crippen molar-refractivity contribution in [2.45, 2.75) is 0 Å². The van der Waals surface area contributed by atoms with Gasteiger partial charge in [0.2, 0.25) is 0 Å². The third-order valence-electron chi connectivity index (χ3n) is 11.5. The van der Waals surface area contributed by atoms with Crippen LogP contribution in [0.1, 0.15) is 8.22 Å². The van der Waals surface area contributed by atoms with E-state index in [2.05, 4.69) is 78.9 Å². The first-order valence-corrected chi connectivity index (χ1v) is 21.2. The molecule has 5 heteroatoms. The van der Waals surface area contributed by atoms with Crippen molar-refractivity contribution < 1.29 is 8.22 Å². The highest BCUT2D eigenvalue weighted by atomic mass is 32.1. The normalized spacial score (nSPS) is 12.9. The molecule has 0 N–H and O–H groups in total. The third kappa shape index (κ3) is 6.18. The zero-order valence-corrected chi connectivity index (χ0v) is 33.8. The fraction of sp³-hybridized carbons (Fsp3) is 0. The van der Waals surface area contributed by atoms with Gasteiger partial charge in [0.05, 0.1) is 24.9 Å². The van der Waals surface area contributed by atoms with Crippen molar-refractivity contribution in [2.24, 2.45) is 0 Å². The summed E-state index contributed by atoms with van der Waals surface area (Å²) in [6.07, 6.45) is 0. The van der Waals surface area contributed by atoms with Gasteiger partial charge in [0, 0.05) is 47.6 Å². The van der Waals surface area contributed by atoms with Crippen LogP contribution < -0.4 is 0 Å². The van der Waals surface area contributed by atoms with E-state index >= 15 is 0 Å². The summed E-state index contributed by atoms with van der Waals surface area (Å²) in [5.74, 6) is 1.20. The van der Waals surface area contributed by atoms with Gasteiger partial charge in [0.25, 0.3) is 0 Å². The molecule has 9 aromatic carbocycles. The smallest absolute Gasteiger partial charge is 0.166 e. The lowest BCUT2D eigenvalue weighted by Crippen LogP contribution is -2.04.